The number of rotatable bonds is 1. The third kappa shape index (κ3) is 2.64. The van der Waals surface area contributed by atoms with E-state index >= 15 is 0 Å². The molecule has 3 atom stereocenters. The molecule has 3 fully saturated rings. The highest BCUT2D eigenvalue weighted by atomic mass is 16.7. The van der Waals surface area contributed by atoms with Crippen LogP contribution in [0, 0.1) is 11.8 Å². The molecule has 6 heteroatoms. The summed E-state index contributed by atoms with van der Waals surface area (Å²) < 4.78 is 17.7. The lowest BCUT2D eigenvalue weighted by Gasteiger charge is -2.32. The van der Waals surface area contributed by atoms with E-state index in [2.05, 4.69) is 27.7 Å². The maximum absolute atomic E-state index is 12.1. The van der Waals surface area contributed by atoms with Gasteiger partial charge in [-0.25, -0.2) is 4.79 Å². The van der Waals surface area contributed by atoms with Gasteiger partial charge in [0.15, 0.2) is 0 Å². The van der Waals surface area contributed by atoms with Gasteiger partial charge in [-0.1, -0.05) is 0 Å². The number of fused-ring (bicyclic) bond motifs is 1. The van der Waals surface area contributed by atoms with Gasteiger partial charge in [0.2, 0.25) is 0 Å². The second-order valence-electron chi connectivity index (χ2n) is 8.92. The molecule has 2 heterocycles. The number of ether oxygens (including phenoxy) is 1. The quantitative estimate of drug-likeness (QED) is 0.699. The molecule has 124 valence electrons. The predicted molar refractivity (Wildman–Crippen MR) is 84.6 cm³/mol. The Kier molecular flexibility index (Phi) is 3.40. The van der Waals surface area contributed by atoms with Gasteiger partial charge >= 0.3 is 13.2 Å². The van der Waals surface area contributed by atoms with E-state index in [-0.39, 0.29) is 24.4 Å². The Bertz CT molecular complexity index is 457. The third-order valence-electron chi connectivity index (χ3n) is 5.50. The van der Waals surface area contributed by atoms with Gasteiger partial charge in [-0.3, -0.25) is 0 Å². The summed E-state index contributed by atoms with van der Waals surface area (Å²) in [5.41, 5.74) is -0.992. The first kappa shape index (κ1) is 16.1. The van der Waals surface area contributed by atoms with Crippen LogP contribution in [0.3, 0.4) is 0 Å². The van der Waals surface area contributed by atoms with Crippen LogP contribution in [0.2, 0.25) is 5.82 Å². The number of carbonyl (C=O) groups excluding carboxylic acids is 1. The summed E-state index contributed by atoms with van der Waals surface area (Å²) in [4.78, 5) is 13.9. The number of likely N-dealkylation sites (tertiary alicyclic amines) is 1. The lowest BCUT2D eigenvalue weighted by Crippen LogP contribution is -2.41. The fourth-order valence-electron chi connectivity index (χ4n) is 3.50. The Labute approximate surface area is 133 Å². The van der Waals surface area contributed by atoms with Gasteiger partial charge in [0.05, 0.1) is 11.2 Å². The minimum Gasteiger partial charge on any atom is -0.444 e. The van der Waals surface area contributed by atoms with E-state index in [0.29, 0.717) is 17.7 Å². The van der Waals surface area contributed by atoms with Crippen molar-refractivity contribution in [3.05, 3.63) is 0 Å². The molecular formula is C16H28BNO4. The van der Waals surface area contributed by atoms with Gasteiger partial charge in [0.1, 0.15) is 5.60 Å². The van der Waals surface area contributed by atoms with Crippen molar-refractivity contribution in [2.24, 2.45) is 11.8 Å². The normalized spacial score (nSPS) is 35.5. The molecule has 0 aromatic heterocycles. The summed E-state index contributed by atoms with van der Waals surface area (Å²) in [7, 11) is -0.138. The second-order valence-corrected chi connectivity index (χ2v) is 8.92. The molecule has 1 unspecified atom stereocenters. The van der Waals surface area contributed by atoms with Crippen LogP contribution in [-0.4, -0.2) is 48.0 Å². The molecule has 5 nitrogen and oxygen atoms in total. The van der Waals surface area contributed by atoms with E-state index < -0.39 is 5.60 Å². The van der Waals surface area contributed by atoms with Crippen molar-refractivity contribution in [2.45, 2.75) is 71.1 Å². The maximum atomic E-state index is 12.1. The molecule has 1 amide bonds. The summed E-state index contributed by atoms with van der Waals surface area (Å²) in [6, 6.07) is 0. The predicted octanol–water partition coefficient (Wildman–Crippen LogP) is 2.95. The number of hydrogen-bond donors (Lipinski definition) is 0. The highest BCUT2D eigenvalue weighted by Crippen LogP contribution is 2.61. The molecule has 0 bridgehead atoms. The van der Waals surface area contributed by atoms with Crippen molar-refractivity contribution in [3.63, 3.8) is 0 Å². The van der Waals surface area contributed by atoms with Gasteiger partial charge in [0.25, 0.3) is 0 Å². The SMILES string of the molecule is CC(C)(C)OC(=O)N1C[C@@H]2C(B3OC(C)(C)C(C)(C)O3)[C@@H]2C1. The minimum atomic E-state index is -0.436. The molecule has 0 spiro atoms. The first-order chi connectivity index (χ1) is 9.91. The summed E-state index contributed by atoms with van der Waals surface area (Å²) in [5, 5.41) is 0. The van der Waals surface area contributed by atoms with Crippen molar-refractivity contribution in [2.75, 3.05) is 13.1 Å². The van der Waals surface area contributed by atoms with Gasteiger partial charge in [0, 0.05) is 18.9 Å². The Balaban J connectivity index is 1.55. The number of carbonyl (C=O) groups is 1. The number of amides is 1. The zero-order valence-corrected chi connectivity index (χ0v) is 14.8. The average Bonchev–Trinajstić information content (AvgIpc) is 2.69. The first-order valence-electron chi connectivity index (χ1n) is 8.25. The molecule has 2 aliphatic heterocycles. The Hall–Kier alpha value is -0.745. The summed E-state index contributed by atoms with van der Waals surface area (Å²) in [5.74, 6) is 1.39. The smallest absolute Gasteiger partial charge is 0.444 e. The lowest BCUT2D eigenvalue weighted by molar-refractivity contribution is 0.00578. The molecule has 0 radical (unpaired) electrons. The zero-order valence-electron chi connectivity index (χ0n) is 14.8. The van der Waals surface area contributed by atoms with Crippen LogP contribution >= 0.6 is 0 Å². The van der Waals surface area contributed by atoms with E-state index in [1.807, 2.05) is 25.7 Å². The van der Waals surface area contributed by atoms with Crippen LogP contribution in [0.1, 0.15) is 48.5 Å². The Morgan fingerprint density at radius 3 is 1.95 bits per heavy atom. The largest absolute Gasteiger partial charge is 0.461 e. The van der Waals surface area contributed by atoms with Crippen molar-refractivity contribution in [1.82, 2.24) is 4.90 Å². The van der Waals surface area contributed by atoms with Crippen molar-refractivity contribution in [3.8, 4) is 0 Å². The Morgan fingerprint density at radius 2 is 1.55 bits per heavy atom. The fraction of sp³-hybridized carbons (Fsp3) is 0.938. The molecule has 1 saturated carbocycles. The molecular weight excluding hydrogens is 281 g/mol. The van der Waals surface area contributed by atoms with Crippen LogP contribution in [0.15, 0.2) is 0 Å². The topological polar surface area (TPSA) is 48.0 Å². The molecule has 22 heavy (non-hydrogen) atoms. The van der Waals surface area contributed by atoms with E-state index in [1.165, 1.54) is 0 Å². The van der Waals surface area contributed by atoms with E-state index in [0.717, 1.165) is 13.1 Å². The van der Waals surface area contributed by atoms with E-state index in [9.17, 15) is 4.79 Å². The maximum Gasteiger partial charge on any atom is 0.461 e. The summed E-state index contributed by atoms with van der Waals surface area (Å²) in [6.45, 7) is 15.5. The molecule has 0 N–H and O–H groups in total. The van der Waals surface area contributed by atoms with Crippen LogP contribution in [0.5, 0.6) is 0 Å². The molecule has 0 aromatic carbocycles. The van der Waals surface area contributed by atoms with Crippen LogP contribution in [0.4, 0.5) is 4.79 Å². The average molecular weight is 309 g/mol. The van der Waals surface area contributed by atoms with Crippen molar-refractivity contribution < 1.29 is 18.8 Å². The van der Waals surface area contributed by atoms with Crippen molar-refractivity contribution >= 4 is 13.2 Å². The molecule has 2 saturated heterocycles. The monoisotopic (exact) mass is 309 g/mol. The number of nitrogens with zero attached hydrogens (tertiary/aromatic N) is 1. The summed E-state index contributed by atoms with van der Waals surface area (Å²) in [6.07, 6.45) is -0.202. The molecule has 3 rings (SSSR count). The van der Waals surface area contributed by atoms with Gasteiger partial charge < -0.3 is 18.9 Å². The standard InChI is InChI=1S/C16H28BNO4/c1-14(2,3)20-13(19)18-8-10-11(9-18)12(10)17-21-15(4,5)16(6,7)22-17/h10-12H,8-9H2,1-7H3/t10-,11+,12?. The zero-order chi connectivity index (χ0) is 16.5. The van der Waals surface area contributed by atoms with Crippen LogP contribution < -0.4 is 0 Å². The lowest BCUT2D eigenvalue weighted by atomic mass is 9.79. The van der Waals surface area contributed by atoms with Gasteiger partial charge in [-0.2, -0.15) is 0 Å². The fourth-order valence-corrected chi connectivity index (χ4v) is 3.50. The Morgan fingerprint density at radius 1 is 1.09 bits per heavy atom. The minimum absolute atomic E-state index is 0.138. The molecule has 0 aromatic rings. The first-order valence-corrected chi connectivity index (χ1v) is 8.25. The molecule has 3 aliphatic rings. The molecule has 1 aliphatic carbocycles. The third-order valence-corrected chi connectivity index (χ3v) is 5.50. The number of piperidine rings is 1. The van der Waals surface area contributed by atoms with Crippen LogP contribution in [0.25, 0.3) is 0 Å². The summed E-state index contributed by atoms with van der Waals surface area (Å²) >= 11 is 0. The highest BCUT2D eigenvalue weighted by molar-refractivity contribution is 6.49. The number of hydrogen-bond acceptors (Lipinski definition) is 4. The van der Waals surface area contributed by atoms with Gasteiger partial charge in [-0.05, 0) is 60.3 Å². The van der Waals surface area contributed by atoms with Crippen molar-refractivity contribution in [1.29, 1.82) is 0 Å². The second kappa shape index (κ2) is 4.63. The van der Waals surface area contributed by atoms with E-state index in [1.54, 1.807) is 0 Å². The highest BCUT2D eigenvalue weighted by Gasteiger charge is 2.67. The van der Waals surface area contributed by atoms with Crippen LogP contribution in [-0.2, 0) is 14.0 Å². The van der Waals surface area contributed by atoms with Gasteiger partial charge in [-0.15, -0.1) is 0 Å². The van der Waals surface area contributed by atoms with E-state index in [4.69, 9.17) is 14.0 Å².